The fourth-order valence-corrected chi connectivity index (χ4v) is 5.69. The first-order chi connectivity index (χ1) is 16.2. The maximum absolute atomic E-state index is 13.7. The fraction of sp³-hybridized carbons (Fsp3) is 0.148. The Morgan fingerprint density at radius 3 is 2.12 bits per heavy atom. The summed E-state index contributed by atoms with van der Waals surface area (Å²) in [5.41, 5.74) is 3.05. The number of hydrogen-bond acceptors (Lipinski definition) is 3. The molecule has 0 saturated carbocycles. The highest BCUT2D eigenvalue weighted by molar-refractivity contribution is 7.89. The van der Waals surface area contributed by atoms with Gasteiger partial charge in [-0.15, -0.1) is 0 Å². The first kappa shape index (κ1) is 24.4. The lowest BCUT2D eigenvalue weighted by Crippen LogP contribution is -2.39. The molecule has 0 spiro atoms. The minimum Gasteiger partial charge on any atom is -0.290 e. The van der Waals surface area contributed by atoms with Crippen LogP contribution in [0.3, 0.4) is 0 Å². The molecule has 3 aromatic carbocycles. The Hall–Kier alpha value is -2.70. The summed E-state index contributed by atoms with van der Waals surface area (Å²) in [6, 6.07) is 20.6. The molecule has 3 aromatic rings. The summed E-state index contributed by atoms with van der Waals surface area (Å²) in [5, 5.41) is 1.19. The van der Waals surface area contributed by atoms with Crippen molar-refractivity contribution < 1.29 is 13.2 Å². The smallest absolute Gasteiger partial charge is 0.243 e. The zero-order valence-corrected chi connectivity index (χ0v) is 20.8. The van der Waals surface area contributed by atoms with Crippen molar-refractivity contribution in [2.45, 2.75) is 24.3 Å². The zero-order chi connectivity index (χ0) is 24.3. The van der Waals surface area contributed by atoms with E-state index < -0.39 is 16.1 Å². The molecule has 0 fully saturated rings. The molecule has 1 atom stereocenters. The Labute approximate surface area is 210 Å². The quantitative estimate of drug-likeness (QED) is 0.348. The van der Waals surface area contributed by atoms with Gasteiger partial charge in [-0.1, -0.05) is 77.3 Å². The Bertz CT molecular complexity index is 1340. The largest absolute Gasteiger partial charge is 0.290 e. The van der Waals surface area contributed by atoms with Crippen LogP contribution in [0.1, 0.15) is 29.2 Å². The minimum atomic E-state index is -3.86. The third-order valence-corrected chi connectivity index (χ3v) is 8.13. The summed E-state index contributed by atoms with van der Waals surface area (Å²) in [4.78, 5) is 13.2. The van der Waals surface area contributed by atoms with E-state index in [-0.39, 0.29) is 17.2 Å². The molecule has 1 heterocycles. The maximum atomic E-state index is 13.7. The van der Waals surface area contributed by atoms with E-state index in [1.54, 1.807) is 54.6 Å². The molecule has 0 amide bonds. The van der Waals surface area contributed by atoms with Crippen LogP contribution in [0.15, 0.2) is 95.4 Å². The SMILES string of the molecule is Cc1ccc(S(=O)(=O)N2CC(C(=O)/C=C/c3ccc(Cl)cc3)=CCC2c2ccc(Cl)cc2)cc1. The van der Waals surface area contributed by atoms with Crippen LogP contribution in [0.5, 0.6) is 0 Å². The van der Waals surface area contributed by atoms with E-state index in [1.165, 1.54) is 10.4 Å². The highest BCUT2D eigenvalue weighted by Crippen LogP contribution is 2.35. The van der Waals surface area contributed by atoms with Crippen molar-refractivity contribution in [3.8, 4) is 0 Å². The molecular weight excluding hydrogens is 489 g/mol. The van der Waals surface area contributed by atoms with Gasteiger partial charge in [0, 0.05) is 22.2 Å². The second-order valence-corrected chi connectivity index (χ2v) is 10.9. The van der Waals surface area contributed by atoms with Crippen LogP contribution in [0.2, 0.25) is 10.0 Å². The van der Waals surface area contributed by atoms with Crippen LogP contribution < -0.4 is 0 Å². The van der Waals surface area contributed by atoms with Crippen LogP contribution in [0.4, 0.5) is 0 Å². The van der Waals surface area contributed by atoms with Gasteiger partial charge in [-0.05, 0) is 66.9 Å². The number of sulfonamides is 1. The van der Waals surface area contributed by atoms with Crippen molar-refractivity contribution in [2.24, 2.45) is 0 Å². The molecule has 0 N–H and O–H groups in total. The molecule has 1 aliphatic heterocycles. The number of carbonyl (C=O) groups is 1. The first-order valence-electron chi connectivity index (χ1n) is 10.7. The summed E-state index contributed by atoms with van der Waals surface area (Å²) in [5.74, 6) is -0.228. The van der Waals surface area contributed by atoms with Crippen LogP contribution >= 0.6 is 23.2 Å². The van der Waals surface area contributed by atoms with E-state index in [9.17, 15) is 13.2 Å². The Morgan fingerprint density at radius 1 is 0.912 bits per heavy atom. The van der Waals surface area contributed by atoms with Crippen molar-refractivity contribution in [2.75, 3.05) is 6.54 Å². The molecule has 1 unspecified atom stereocenters. The van der Waals surface area contributed by atoms with Crippen LogP contribution in [0.25, 0.3) is 6.08 Å². The van der Waals surface area contributed by atoms with Crippen molar-refractivity contribution in [1.29, 1.82) is 0 Å². The van der Waals surface area contributed by atoms with Gasteiger partial charge in [0.05, 0.1) is 10.9 Å². The van der Waals surface area contributed by atoms with Gasteiger partial charge in [0.15, 0.2) is 5.78 Å². The number of nitrogens with zero attached hydrogens (tertiary/aromatic N) is 1. The third kappa shape index (κ3) is 5.50. The van der Waals surface area contributed by atoms with Gasteiger partial charge in [-0.2, -0.15) is 4.31 Å². The molecule has 0 aliphatic carbocycles. The molecule has 0 bridgehead atoms. The van der Waals surface area contributed by atoms with Crippen LogP contribution in [0, 0.1) is 6.92 Å². The van der Waals surface area contributed by atoms with E-state index in [0.717, 1.165) is 16.7 Å². The molecule has 4 rings (SSSR count). The lowest BCUT2D eigenvalue weighted by molar-refractivity contribution is -0.111. The summed E-state index contributed by atoms with van der Waals surface area (Å²) in [6.45, 7) is 1.88. The highest BCUT2D eigenvalue weighted by Gasteiger charge is 2.36. The Balaban J connectivity index is 1.66. The standard InChI is InChI=1S/C27H23Cl2NO3S/c1-19-2-14-25(15-3-19)34(32,33)30-18-22(9-16-26(30)21-7-12-24(29)13-8-21)27(31)17-6-20-4-10-23(28)11-5-20/h2-15,17,26H,16,18H2,1H3/b17-6+. The molecule has 0 radical (unpaired) electrons. The lowest BCUT2D eigenvalue weighted by atomic mass is 9.96. The predicted octanol–water partition coefficient (Wildman–Crippen LogP) is 6.65. The van der Waals surface area contributed by atoms with E-state index in [0.29, 0.717) is 22.0 Å². The number of ketones is 1. The molecule has 34 heavy (non-hydrogen) atoms. The van der Waals surface area contributed by atoms with Crippen molar-refractivity contribution >= 4 is 45.1 Å². The summed E-state index contributed by atoms with van der Waals surface area (Å²) in [7, 11) is -3.86. The molecule has 1 aliphatic rings. The van der Waals surface area contributed by atoms with Gasteiger partial charge in [0.1, 0.15) is 0 Å². The van der Waals surface area contributed by atoms with Gasteiger partial charge in [0.25, 0.3) is 0 Å². The number of hydrogen-bond donors (Lipinski definition) is 0. The number of aryl methyl sites for hydroxylation is 1. The van der Waals surface area contributed by atoms with Crippen LogP contribution in [-0.4, -0.2) is 25.1 Å². The molecule has 4 nitrogen and oxygen atoms in total. The molecule has 0 saturated heterocycles. The Morgan fingerprint density at radius 2 is 1.50 bits per heavy atom. The normalized spacial score (nSPS) is 17.0. The van der Waals surface area contributed by atoms with Gasteiger partial charge in [-0.25, -0.2) is 8.42 Å². The lowest BCUT2D eigenvalue weighted by Gasteiger charge is -2.34. The number of benzene rings is 3. The average Bonchev–Trinajstić information content (AvgIpc) is 2.84. The first-order valence-corrected chi connectivity index (χ1v) is 12.9. The van der Waals surface area contributed by atoms with Gasteiger partial charge in [-0.3, -0.25) is 4.79 Å². The van der Waals surface area contributed by atoms with E-state index in [2.05, 4.69) is 0 Å². The van der Waals surface area contributed by atoms with Crippen molar-refractivity contribution in [3.05, 3.63) is 117 Å². The van der Waals surface area contributed by atoms with Crippen molar-refractivity contribution in [1.82, 2.24) is 4.31 Å². The van der Waals surface area contributed by atoms with E-state index in [4.69, 9.17) is 23.2 Å². The summed E-state index contributed by atoms with van der Waals surface area (Å²) >= 11 is 12.0. The number of rotatable bonds is 6. The molecule has 7 heteroatoms. The second kappa shape index (κ2) is 10.3. The highest BCUT2D eigenvalue weighted by atomic mass is 35.5. The van der Waals surface area contributed by atoms with Crippen LogP contribution in [-0.2, 0) is 14.8 Å². The molecule has 174 valence electrons. The van der Waals surface area contributed by atoms with Gasteiger partial charge < -0.3 is 0 Å². The third-order valence-electron chi connectivity index (χ3n) is 5.76. The number of halogens is 2. The van der Waals surface area contributed by atoms with E-state index in [1.807, 2.05) is 37.3 Å². The van der Waals surface area contributed by atoms with Gasteiger partial charge >= 0.3 is 0 Å². The second-order valence-electron chi connectivity index (χ2n) is 8.14. The molecular formula is C27H23Cl2NO3S. The summed E-state index contributed by atoms with van der Waals surface area (Å²) < 4.78 is 28.7. The molecule has 0 aromatic heterocycles. The maximum Gasteiger partial charge on any atom is 0.243 e. The average molecular weight is 512 g/mol. The van der Waals surface area contributed by atoms with Crippen molar-refractivity contribution in [3.63, 3.8) is 0 Å². The Kier molecular flexibility index (Phi) is 7.39. The number of allylic oxidation sites excluding steroid dienone is 1. The predicted molar refractivity (Wildman–Crippen MR) is 137 cm³/mol. The zero-order valence-electron chi connectivity index (χ0n) is 18.5. The topological polar surface area (TPSA) is 54.5 Å². The van der Waals surface area contributed by atoms with E-state index >= 15 is 0 Å². The summed E-state index contributed by atoms with van der Waals surface area (Å²) in [6.07, 6.45) is 5.37. The monoisotopic (exact) mass is 511 g/mol. The number of carbonyl (C=O) groups excluding carboxylic acids is 1. The fourth-order valence-electron chi connectivity index (χ4n) is 3.83. The van der Waals surface area contributed by atoms with Gasteiger partial charge in [0.2, 0.25) is 10.0 Å². The minimum absolute atomic E-state index is 0.0205.